The van der Waals surface area contributed by atoms with Crippen LogP contribution in [0, 0.1) is 0 Å². The first-order valence-electron chi connectivity index (χ1n) is 16.4. The van der Waals surface area contributed by atoms with E-state index in [4.69, 9.17) is 28.5 Å². The standard InChI is InChI=1S/C36H43N8O5P/c1-26(2)48-50(45,49-27(3)4)25-47-21-20-31(22-41-43-37)44-24-40-33-34(38-23-39-35(33)44)42-36(28-12-8-6-9-13-28,29-14-10-7-11-15-29)30-16-18-32(46-5)19-17-30/h6-19,23-24,26-27,31H,20-22,25H2,1-5H3,(H,38,39,42). The molecule has 1 N–H and O–H groups in total. The molecule has 0 bridgehead atoms. The van der Waals surface area contributed by atoms with Gasteiger partial charge in [-0.05, 0) is 68.5 Å². The van der Waals surface area contributed by atoms with Crippen molar-refractivity contribution >= 4 is 24.6 Å². The summed E-state index contributed by atoms with van der Waals surface area (Å²) in [5, 5.41) is 7.64. The summed E-state index contributed by atoms with van der Waals surface area (Å²) in [7, 11) is -1.83. The third-order valence-corrected chi connectivity index (χ3v) is 9.92. The van der Waals surface area contributed by atoms with E-state index in [-0.39, 0.29) is 37.7 Å². The Morgan fingerprint density at radius 2 is 1.48 bits per heavy atom. The van der Waals surface area contributed by atoms with Crippen molar-refractivity contribution in [3.8, 4) is 5.75 Å². The molecule has 13 nitrogen and oxygen atoms in total. The van der Waals surface area contributed by atoms with Crippen LogP contribution in [0.25, 0.3) is 21.6 Å². The van der Waals surface area contributed by atoms with Crippen molar-refractivity contribution in [3.05, 3.63) is 125 Å². The number of hydrogen-bond acceptors (Lipinski definition) is 10. The van der Waals surface area contributed by atoms with Crippen molar-refractivity contribution in [1.82, 2.24) is 19.5 Å². The molecular weight excluding hydrogens is 655 g/mol. The molecular formula is C36H43N8O5P. The Balaban J connectivity index is 1.51. The zero-order valence-electron chi connectivity index (χ0n) is 28.9. The van der Waals surface area contributed by atoms with Crippen LogP contribution in [0.5, 0.6) is 5.75 Å². The van der Waals surface area contributed by atoms with Gasteiger partial charge in [-0.15, -0.1) is 0 Å². The molecule has 0 aliphatic heterocycles. The van der Waals surface area contributed by atoms with Crippen molar-refractivity contribution < 1.29 is 23.1 Å². The monoisotopic (exact) mass is 698 g/mol. The van der Waals surface area contributed by atoms with Crippen LogP contribution >= 0.6 is 7.60 Å². The topological polar surface area (TPSA) is 158 Å². The van der Waals surface area contributed by atoms with E-state index in [9.17, 15) is 10.1 Å². The second-order valence-electron chi connectivity index (χ2n) is 12.2. The SMILES string of the molecule is COc1ccc(C(Nc2ncnc3c2ncn3C(CCOCP(=O)(OC(C)C)OC(C)C)CN=[N+]=[N-])(c2ccccc2)c2ccccc2)cc1. The molecule has 50 heavy (non-hydrogen) atoms. The van der Waals surface area contributed by atoms with Crippen LogP contribution in [0.4, 0.5) is 5.82 Å². The van der Waals surface area contributed by atoms with Crippen molar-refractivity contribution in [2.24, 2.45) is 5.11 Å². The number of hydrogen-bond donors (Lipinski definition) is 1. The number of nitrogens with zero attached hydrogens (tertiary/aromatic N) is 7. The number of azide groups is 1. The summed E-state index contributed by atoms with van der Waals surface area (Å²) in [5.74, 6) is 1.25. The van der Waals surface area contributed by atoms with Gasteiger partial charge in [0.1, 0.15) is 29.5 Å². The van der Waals surface area contributed by atoms with Gasteiger partial charge in [0.15, 0.2) is 11.5 Å². The van der Waals surface area contributed by atoms with Crippen molar-refractivity contribution in [2.75, 3.05) is 31.9 Å². The Kier molecular flexibility index (Phi) is 12.2. The predicted molar refractivity (Wildman–Crippen MR) is 193 cm³/mol. The van der Waals surface area contributed by atoms with Gasteiger partial charge in [0, 0.05) is 24.1 Å². The first-order valence-corrected chi connectivity index (χ1v) is 18.2. The molecule has 2 aromatic heterocycles. The van der Waals surface area contributed by atoms with Crippen molar-refractivity contribution in [3.63, 3.8) is 0 Å². The summed E-state index contributed by atoms with van der Waals surface area (Å²) in [5.41, 5.74) is 12.3. The molecule has 3 aromatic carbocycles. The lowest BCUT2D eigenvalue weighted by Crippen LogP contribution is -2.38. The molecule has 0 amide bonds. The van der Waals surface area contributed by atoms with E-state index in [0.29, 0.717) is 23.4 Å². The minimum Gasteiger partial charge on any atom is -0.497 e. The summed E-state index contributed by atoms with van der Waals surface area (Å²) in [6, 6.07) is 27.9. The smallest absolute Gasteiger partial charge is 0.356 e. The number of aromatic nitrogens is 4. The van der Waals surface area contributed by atoms with E-state index in [1.807, 2.05) is 65.2 Å². The molecule has 5 rings (SSSR count). The maximum Gasteiger partial charge on any atom is 0.356 e. The number of methoxy groups -OCH3 is 1. The summed E-state index contributed by atoms with van der Waals surface area (Å²) in [4.78, 5) is 17.1. The highest BCUT2D eigenvalue weighted by atomic mass is 31.2. The molecule has 0 radical (unpaired) electrons. The quantitative estimate of drug-likeness (QED) is 0.0236. The Hall–Kier alpha value is -4.77. The number of benzene rings is 3. The second-order valence-corrected chi connectivity index (χ2v) is 14.1. The maximum absolute atomic E-state index is 13.3. The lowest BCUT2D eigenvalue weighted by atomic mass is 9.77. The van der Waals surface area contributed by atoms with Gasteiger partial charge in [0.05, 0.1) is 25.6 Å². The number of rotatable bonds is 18. The Labute approximate surface area is 292 Å². The third-order valence-electron chi connectivity index (χ3n) is 7.94. The molecule has 0 aliphatic rings. The van der Waals surface area contributed by atoms with Gasteiger partial charge < -0.3 is 28.4 Å². The molecule has 0 aliphatic carbocycles. The molecule has 0 saturated heterocycles. The largest absolute Gasteiger partial charge is 0.497 e. The molecule has 0 spiro atoms. The fraction of sp³-hybridized carbons (Fsp3) is 0.361. The third kappa shape index (κ3) is 8.50. The molecule has 1 atom stereocenters. The normalized spacial score (nSPS) is 12.6. The second kappa shape index (κ2) is 16.8. The Bertz CT molecular complexity index is 1860. The summed E-state index contributed by atoms with van der Waals surface area (Å²) < 4.78 is 37.7. The lowest BCUT2D eigenvalue weighted by molar-refractivity contribution is 0.0943. The number of anilines is 1. The van der Waals surface area contributed by atoms with Gasteiger partial charge in [0.2, 0.25) is 0 Å². The van der Waals surface area contributed by atoms with Gasteiger partial charge in [-0.3, -0.25) is 4.57 Å². The van der Waals surface area contributed by atoms with Crippen molar-refractivity contribution in [2.45, 2.75) is 57.9 Å². The minimum absolute atomic E-state index is 0.116. The fourth-order valence-corrected chi connectivity index (χ4v) is 7.70. The van der Waals surface area contributed by atoms with Gasteiger partial charge in [0.25, 0.3) is 0 Å². The highest BCUT2D eigenvalue weighted by molar-refractivity contribution is 7.53. The van der Waals surface area contributed by atoms with E-state index in [0.717, 1.165) is 22.4 Å². The van der Waals surface area contributed by atoms with Crippen LogP contribution in [-0.4, -0.2) is 58.3 Å². The van der Waals surface area contributed by atoms with Crippen LogP contribution < -0.4 is 10.1 Å². The maximum atomic E-state index is 13.3. The Morgan fingerprint density at radius 1 is 0.880 bits per heavy atom. The summed E-state index contributed by atoms with van der Waals surface area (Å²) in [6.07, 6.45) is 2.76. The first kappa shape index (κ1) is 36.5. The van der Waals surface area contributed by atoms with E-state index >= 15 is 0 Å². The van der Waals surface area contributed by atoms with Crippen LogP contribution in [-0.2, 0) is 23.9 Å². The average molecular weight is 699 g/mol. The predicted octanol–water partition coefficient (Wildman–Crippen LogP) is 8.50. The van der Waals surface area contributed by atoms with E-state index in [2.05, 4.69) is 44.6 Å². The van der Waals surface area contributed by atoms with Gasteiger partial charge >= 0.3 is 7.60 Å². The van der Waals surface area contributed by atoms with Crippen LogP contribution in [0.2, 0.25) is 0 Å². The van der Waals surface area contributed by atoms with E-state index < -0.39 is 13.1 Å². The summed E-state index contributed by atoms with van der Waals surface area (Å²) >= 11 is 0. The highest BCUT2D eigenvalue weighted by Gasteiger charge is 2.38. The number of nitrogens with one attached hydrogen (secondary N) is 1. The fourth-order valence-electron chi connectivity index (χ4n) is 5.89. The molecule has 5 aromatic rings. The molecule has 0 saturated carbocycles. The lowest BCUT2D eigenvalue weighted by Gasteiger charge is -2.37. The number of ether oxygens (including phenoxy) is 2. The van der Waals surface area contributed by atoms with Crippen LogP contribution in [0.3, 0.4) is 0 Å². The zero-order chi connectivity index (χ0) is 35.6. The highest BCUT2D eigenvalue weighted by Crippen LogP contribution is 2.50. The molecule has 0 fully saturated rings. The number of fused-ring (bicyclic) bond motifs is 1. The van der Waals surface area contributed by atoms with Gasteiger partial charge in [-0.1, -0.05) is 77.9 Å². The average Bonchev–Trinajstić information content (AvgIpc) is 3.55. The molecule has 2 heterocycles. The van der Waals surface area contributed by atoms with E-state index in [1.54, 1.807) is 41.1 Å². The molecule has 14 heteroatoms. The van der Waals surface area contributed by atoms with Crippen LogP contribution in [0.1, 0.15) is 56.8 Å². The number of imidazole rings is 1. The van der Waals surface area contributed by atoms with E-state index in [1.165, 1.54) is 6.33 Å². The summed E-state index contributed by atoms with van der Waals surface area (Å²) in [6.45, 7) is 7.48. The Morgan fingerprint density at radius 3 is 2.04 bits per heavy atom. The zero-order valence-corrected chi connectivity index (χ0v) is 29.8. The van der Waals surface area contributed by atoms with Gasteiger partial charge in [-0.2, -0.15) is 0 Å². The first-order chi connectivity index (χ1) is 24.2. The van der Waals surface area contributed by atoms with Crippen molar-refractivity contribution in [1.29, 1.82) is 0 Å². The molecule has 1 unspecified atom stereocenters. The van der Waals surface area contributed by atoms with Gasteiger partial charge in [-0.25, -0.2) is 15.0 Å². The van der Waals surface area contributed by atoms with Crippen LogP contribution in [0.15, 0.2) is 103 Å². The minimum atomic E-state index is -3.48. The molecule has 262 valence electrons.